The number of ether oxygens (including phenoxy) is 1. The summed E-state index contributed by atoms with van der Waals surface area (Å²) in [6.45, 7) is 2.29. The van der Waals surface area contributed by atoms with Gasteiger partial charge in [0, 0.05) is 18.0 Å². The Morgan fingerprint density at radius 3 is 3.31 bits per heavy atom. The van der Waals surface area contributed by atoms with Crippen molar-refractivity contribution in [1.82, 2.24) is 5.32 Å². The molecular weight excluding hydrogens is 222 g/mol. The summed E-state index contributed by atoms with van der Waals surface area (Å²) >= 11 is 1.69. The van der Waals surface area contributed by atoms with E-state index in [0.29, 0.717) is 18.6 Å². The summed E-state index contributed by atoms with van der Waals surface area (Å²) in [6.07, 6.45) is 2.57. The number of nitrogens with two attached hydrogens (primary N) is 1. The van der Waals surface area contributed by atoms with Gasteiger partial charge in [-0.25, -0.2) is 4.99 Å². The highest BCUT2D eigenvalue weighted by atomic mass is 32.1. The van der Waals surface area contributed by atoms with E-state index >= 15 is 0 Å². The Hall–Kier alpha value is -1.07. The van der Waals surface area contributed by atoms with E-state index in [1.54, 1.807) is 11.3 Å². The normalized spacial score (nSPS) is 21.2. The molecule has 0 aromatic carbocycles. The lowest BCUT2D eigenvalue weighted by Crippen LogP contribution is -2.37. The van der Waals surface area contributed by atoms with Crippen molar-refractivity contribution in [3.8, 4) is 0 Å². The predicted molar refractivity (Wildman–Crippen MR) is 66.6 cm³/mol. The fraction of sp³-hybridized carbons (Fsp3) is 0.545. The lowest BCUT2D eigenvalue weighted by Gasteiger charge is -2.10. The van der Waals surface area contributed by atoms with Gasteiger partial charge in [-0.05, 0) is 24.3 Å². The minimum atomic E-state index is 0.301. The van der Waals surface area contributed by atoms with Crippen LogP contribution in [0.2, 0.25) is 0 Å². The average Bonchev–Trinajstić information content (AvgIpc) is 2.96. The first-order chi connectivity index (χ1) is 7.84. The average molecular weight is 239 g/mol. The summed E-state index contributed by atoms with van der Waals surface area (Å²) in [5, 5.41) is 5.14. The van der Waals surface area contributed by atoms with Crippen LogP contribution in [0.3, 0.4) is 0 Å². The lowest BCUT2D eigenvalue weighted by atomic mass is 10.2. The number of rotatable bonds is 4. The predicted octanol–water partition coefficient (Wildman–Crippen LogP) is 1.33. The van der Waals surface area contributed by atoms with Crippen molar-refractivity contribution in [2.45, 2.75) is 25.5 Å². The Bertz CT molecular complexity index is 331. The van der Waals surface area contributed by atoms with Crippen LogP contribution in [0, 0.1) is 0 Å². The van der Waals surface area contributed by atoms with Crippen molar-refractivity contribution in [2.75, 3.05) is 13.2 Å². The molecule has 1 aromatic heterocycles. The Morgan fingerprint density at radius 2 is 2.62 bits per heavy atom. The van der Waals surface area contributed by atoms with Crippen LogP contribution < -0.4 is 11.1 Å². The maximum Gasteiger partial charge on any atom is 0.189 e. The third-order valence-electron chi connectivity index (χ3n) is 2.52. The van der Waals surface area contributed by atoms with E-state index in [9.17, 15) is 0 Å². The van der Waals surface area contributed by atoms with Crippen LogP contribution in [-0.4, -0.2) is 25.2 Å². The lowest BCUT2D eigenvalue weighted by molar-refractivity contribution is 0.114. The molecule has 5 heteroatoms. The van der Waals surface area contributed by atoms with Crippen LogP contribution in [0.5, 0.6) is 0 Å². The van der Waals surface area contributed by atoms with Gasteiger partial charge in [-0.2, -0.15) is 0 Å². The quantitative estimate of drug-likeness (QED) is 0.615. The topological polar surface area (TPSA) is 59.6 Å². The zero-order valence-corrected chi connectivity index (χ0v) is 10.0. The molecule has 0 bridgehead atoms. The SMILES string of the molecule is NC(=NCc1cccs1)NCC1CCCO1. The molecule has 1 aromatic rings. The summed E-state index contributed by atoms with van der Waals surface area (Å²) in [6, 6.07) is 4.08. The minimum Gasteiger partial charge on any atom is -0.376 e. The minimum absolute atomic E-state index is 0.301. The van der Waals surface area contributed by atoms with Gasteiger partial charge in [0.1, 0.15) is 0 Å². The first-order valence-corrected chi connectivity index (χ1v) is 6.40. The smallest absolute Gasteiger partial charge is 0.189 e. The highest BCUT2D eigenvalue weighted by Crippen LogP contribution is 2.11. The summed E-state index contributed by atoms with van der Waals surface area (Å²) in [7, 11) is 0. The molecule has 1 atom stereocenters. The molecule has 0 saturated carbocycles. The first kappa shape index (κ1) is 11.4. The van der Waals surface area contributed by atoms with Crippen LogP contribution in [0.4, 0.5) is 0 Å². The van der Waals surface area contributed by atoms with E-state index in [1.165, 1.54) is 4.88 Å². The third-order valence-corrected chi connectivity index (χ3v) is 3.38. The zero-order chi connectivity index (χ0) is 11.2. The molecule has 1 saturated heterocycles. The highest BCUT2D eigenvalue weighted by Gasteiger charge is 2.14. The summed E-state index contributed by atoms with van der Waals surface area (Å²) < 4.78 is 5.48. The van der Waals surface area contributed by atoms with Crippen molar-refractivity contribution >= 4 is 17.3 Å². The largest absolute Gasteiger partial charge is 0.376 e. The molecule has 0 amide bonds. The number of aliphatic imine (C=N–C) groups is 1. The van der Waals surface area contributed by atoms with E-state index in [2.05, 4.69) is 16.4 Å². The second-order valence-corrected chi connectivity index (χ2v) is 4.83. The number of guanidine groups is 1. The second-order valence-electron chi connectivity index (χ2n) is 3.80. The van der Waals surface area contributed by atoms with Gasteiger partial charge >= 0.3 is 0 Å². The molecule has 1 aliphatic heterocycles. The van der Waals surface area contributed by atoms with Crippen molar-refractivity contribution in [3.05, 3.63) is 22.4 Å². The first-order valence-electron chi connectivity index (χ1n) is 5.52. The van der Waals surface area contributed by atoms with Gasteiger partial charge in [0.2, 0.25) is 0 Å². The van der Waals surface area contributed by atoms with E-state index in [4.69, 9.17) is 10.5 Å². The standard InChI is InChI=1S/C11H17N3OS/c12-11(13-7-9-3-1-5-15-9)14-8-10-4-2-6-16-10/h2,4,6,9H,1,3,5,7-8H2,(H3,12,13,14). The molecule has 88 valence electrons. The number of hydrogen-bond donors (Lipinski definition) is 2. The fourth-order valence-electron chi connectivity index (χ4n) is 1.65. The number of nitrogens with one attached hydrogen (secondary N) is 1. The van der Waals surface area contributed by atoms with Gasteiger partial charge in [0.05, 0.1) is 12.6 Å². The van der Waals surface area contributed by atoms with Crippen molar-refractivity contribution in [3.63, 3.8) is 0 Å². The van der Waals surface area contributed by atoms with Crippen LogP contribution in [0.1, 0.15) is 17.7 Å². The van der Waals surface area contributed by atoms with Gasteiger partial charge < -0.3 is 15.8 Å². The van der Waals surface area contributed by atoms with Gasteiger partial charge in [-0.15, -0.1) is 11.3 Å². The molecule has 1 fully saturated rings. The van der Waals surface area contributed by atoms with Crippen molar-refractivity contribution < 1.29 is 4.74 Å². The number of hydrogen-bond acceptors (Lipinski definition) is 3. The maximum absolute atomic E-state index is 5.76. The number of thiophene rings is 1. The molecule has 4 nitrogen and oxygen atoms in total. The van der Waals surface area contributed by atoms with Crippen molar-refractivity contribution in [2.24, 2.45) is 10.7 Å². The van der Waals surface area contributed by atoms with E-state index in [0.717, 1.165) is 26.0 Å². The van der Waals surface area contributed by atoms with Crippen molar-refractivity contribution in [1.29, 1.82) is 0 Å². The van der Waals surface area contributed by atoms with Gasteiger partial charge in [-0.3, -0.25) is 0 Å². The summed E-state index contributed by atoms with van der Waals surface area (Å²) in [5.74, 6) is 0.504. The molecule has 2 heterocycles. The molecule has 1 aliphatic rings. The molecule has 0 spiro atoms. The van der Waals surface area contributed by atoms with Crippen LogP contribution >= 0.6 is 11.3 Å². The van der Waals surface area contributed by atoms with Gasteiger partial charge in [-0.1, -0.05) is 6.07 Å². The number of nitrogens with zero attached hydrogens (tertiary/aromatic N) is 1. The van der Waals surface area contributed by atoms with Gasteiger partial charge in [0.25, 0.3) is 0 Å². The Kier molecular flexibility index (Phi) is 4.18. The molecule has 0 radical (unpaired) electrons. The van der Waals surface area contributed by atoms with Crippen LogP contribution in [0.25, 0.3) is 0 Å². The zero-order valence-electron chi connectivity index (χ0n) is 9.19. The van der Waals surface area contributed by atoms with Crippen LogP contribution in [0.15, 0.2) is 22.5 Å². The second kappa shape index (κ2) is 5.86. The van der Waals surface area contributed by atoms with E-state index in [-0.39, 0.29) is 0 Å². The molecule has 3 N–H and O–H groups in total. The Balaban J connectivity index is 1.70. The Morgan fingerprint density at radius 1 is 1.69 bits per heavy atom. The summed E-state index contributed by atoms with van der Waals surface area (Å²) in [5.41, 5.74) is 5.76. The highest BCUT2D eigenvalue weighted by molar-refractivity contribution is 7.09. The molecular formula is C11H17N3OS. The fourth-order valence-corrected chi connectivity index (χ4v) is 2.27. The molecule has 16 heavy (non-hydrogen) atoms. The molecule has 0 aliphatic carbocycles. The molecule has 2 rings (SSSR count). The van der Waals surface area contributed by atoms with Gasteiger partial charge in [0.15, 0.2) is 5.96 Å². The third kappa shape index (κ3) is 3.50. The van der Waals surface area contributed by atoms with Crippen LogP contribution in [-0.2, 0) is 11.3 Å². The van der Waals surface area contributed by atoms with E-state index < -0.39 is 0 Å². The molecule has 1 unspecified atom stereocenters. The Labute approximate surface area is 99.5 Å². The monoisotopic (exact) mass is 239 g/mol. The summed E-state index contributed by atoms with van der Waals surface area (Å²) in [4.78, 5) is 5.49. The van der Waals surface area contributed by atoms with E-state index in [1.807, 2.05) is 11.4 Å². The maximum atomic E-state index is 5.76.